The van der Waals surface area contributed by atoms with Gasteiger partial charge in [0.05, 0.1) is 35.3 Å². The summed E-state index contributed by atoms with van der Waals surface area (Å²) < 4.78 is 26.2. The molecule has 2 aromatic carbocycles. The Morgan fingerprint density at radius 2 is 2.00 bits per heavy atom. The fourth-order valence-corrected chi connectivity index (χ4v) is 3.41. The van der Waals surface area contributed by atoms with Crippen LogP contribution in [0.3, 0.4) is 0 Å². The third-order valence-corrected chi connectivity index (χ3v) is 4.77. The number of benzene rings is 2. The van der Waals surface area contributed by atoms with Crippen molar-refractivity contribution in [2.24, 2.45) is 0 Å². The SMILES string of the molecule is CCOc1cc2c(cc1Cc1cccc(Cl)c1F)c(=O)c(OC(=O)O)cn2CCO. The van der Waals surface area contributed by atoms with Crippen LogP contribution < -0.4 is 14.9 Å². The average Bonchev–Trinajstić information content (AvgIpc) is 2.70. The largest absolute Gasteiger partial charge is 0.511 e. The molecule has 0 atom stereocenters. The zero-order valence-electron chi connectivity index (χ0n) is 16.0. The van der Waals surface area contributed by atoms with Gasteiger partial charge in [0.2, 0.25) is 5.43 Å². The quantitative estimate of drug-likeness (QED) is 0.547. The summed E-state index contributed by atoms with van der Waals surface area (Å²) in [6.45, 7) is 1.98. The van der Waals surface area contributed by atoms with Crippen LogP contribution in [0.15, 0.2) is 41.3 Å². The standard InChI is InChI=1S/C21H19ClFNO6/c1-2-29-17-10-16-14(9-13(17)8-12-4-3-5-15(22)19(12)23)20(26)18(30-21(27)28)11-24(16)6-7-25/h3-5,9-11,25H,2,6-8H2,1H3,(H,27,28). The average molecular weight is 436 g/mol. The van der Waals surface area contributed by atoms with Gasteiger partial charge in [-0.2, -0.15) is 0 Å². The molecule has 1 heterocycles. The van der Waals surface area contributed by atoms with E-state index in [-0.39, 0.29) is 30.0 Å². The van der Waals surface area contributed by atoms with Crippen LogP contribution in [-0.2, 0) is 13.0 Å². The summed E-state index contributed by atoms with van der Waals surface area (Å²) in [4.78, 5) is 23.8. The Labute approximate surface area is 175 Å². The van der Waals surface area contributed by atoms with Crippen LogP contribution in [0.2, 0.25) is 5.02 Å². The minimum atomic E-state index is -1.63. The zero-order chi connectivity index (χ0) is 21.8. The van der Waals surface area contributed by atoms with Crippen LogP contribution in [0.25, 0.3) is 10.9 Å². The molecule has 0 bridgehead atoms. The number of hydrogen-bond acceptors (Lipinski definition) is 5. The first-order valence-electron chi connectivity index (χ1n) is 9.13. The van der Waals surface area contributed by atoms with E-state index < -0.39 is 23.2 Å². The first kappa shape index (κ1) is 21.6. The van der Waals surface area contributed by atoms with Crippen LogP contribution in [0.5, 0.6) is 11.5 Å². The number of ether oxygens (including phenoxy) is 2. The van der Waals surface area contributed by atoms with E-state index in [1.165, 1.54) is 22.9 Å². The number of carbonyl (C=O) groups is 1. The number of rotatable bonds is 7. The normalized spacial score (nSPS) is 10.9. The highest BCUT2D eigenvalue weighted by Gasteiger charge is 2.18. The lowest BCUT2D eigenvalue weighted by Crippen LogP contribution is -2.17. The third kappa shape index (κ3) is 4.39. The number of halogens is 2. The number of carboxylic acid groups (broad SMARTS) is 1. The van der Waals surface area contributed by atoms with Crippen LogP contribution in [0.1, 0.15) is 18.1 Å². The Morgan fingerprint density at radius 3 is 2.67 bits per heavy atom. The first-order valence-corrected chi connectivity index (χ1v) is 9.50. The van der Waals surface area contributed by atoms with Crippen molar-refractivity contribution in [1.29, 1.82) is 0 Å². The van der Waals surface area contributed by atoms with Gasteiger partial charge in [-0.1, -0.05) is 23.7 Å². The van der Waals surface area contributed by atoms with Crippen LogP contribution in [0, 0.1) is 5.82 Å². The molecule has 0 saturated heterocycles. The van der Waals surface area contributed by atoms with E-state index in [2.05, 4.69) is 4.74 Å². The molecule has 9 heteroatoms. The minimum absolute atomic E-state index is 0.0197. The van der Waals surface area contributed by atoms with E-state index in [9.17, 15) is 19.1 Å². The maximum atomic E-state index is 14.4. The number of aromatic nitrogens is 1. The van der Waals surface area contributed by atoms with E-state index >= 15 is 0 Å². The van der Waals surface area contributed by atoms with Gasteiger partial charge in [-0.25, -0.2) is 9.18 Å². The molecule has 7 nitrogen and oxygen atoms in total. The van der Waals surface area contributed by atoms with Gasteiger partial charge in [0.15, 0.2) is 5.75 Å². The van der Waals surface area contributed by atoms with Gasteiger partial charge in [-0.3, -0.25) is 4.79 Å². The number of hydrogen-bond donors (Lipinski definition) is 2. The summed E-state index contributed by atoms with van der Waals surface area (Å²) in [5.74, 6) is -0.530. The number of pyridine rings is 1. The fraction of sp³-hybridized carbons (Fsp3) is 0.238. The Hall–Kier alpha value is -3.10. The highest BCUT2D eigenvalue weighted by atomic mass is 35.5. The summed E-state index contributed by atoms with van der Waals surface area (Å²) in [6, 6.07) is 7.77. The number of fused-ring (bicyclic) bond motifs is 1. The van der Waals surface area contributed by atoms with Gasteiger partial charge in [0, 0.05) is 19.0 Å². The van der Waals surface area contributed by atoms with Crippen molar-refractivity contribution < 1.29 is 28.9 Å². The molecular weight excluding hydrogens is 417 g/mol. The van der Waals surface area contributed by atoms with Crippen molar-refractivity contribution in [3.05, 3.63) is 68.7 Å². The lowest BCUT2D eigenvalue weighted by Gasteiger charge is -2.16. The summed E-state index contributed by atoms with van der Waals surface area (Å²) in [5, 5.41) is 18.4. The molecule has 1 aromatic heterocycles. The number of aliphatic hydroxyl groups excluding tert-OH is 1. The maximum Gasteiger partial charge on any atom is 0.511 e. The molecule has 0 spiro atoms. The highest BCUT2D eigenvalue weighted by Crippen LogP contribution is 2.30. The van der Waals surface area contributed by atoms with E-state index in [4.69, 9.17) is 21.4 Å². The first-order chi connectivity index (χ1) is 14.3. The Balaban J connectivity index is 2.24. The van der Waals surface area contributed by atoms with E-state index in [1.807, 2.05) is 0 Å². The Kier molecular flexibility index (Phi) is 6.59. The molecule has 3 rings (SSSR count). The van der Waals surface area contributed by atoms with E-state index in [0.717, 1.165) is 0 Å². The second-order valence-electron chi connectivity index (χ2n) is 6.41. The van der Waals surface area contributed by atoms with Crippen molar-refractivity contribution in [3.8, 4) is 11.5 Å². The topological polar surface area (TPSA) is 98.0 Å². The summed E-state index contributed by atoms with van der Waals surface area (Å²) in [7, 11) is 0. The molecule has 0 fully saturated rings. The molecule has 158 valence electrons. The zero-order valence-corrected chi connectivity index (χ0v) is 16.8. The number of aliphatic hydroxyl groups is 1. The van der Waals surface area contributed by atoms with E-state index in [1.54, 1.807) is 25.1 Å². The monoisotopic (exact) mass is 435 g/mol. The fourth-order valence-electron chi connectivity index (χ4n) is 3.21. The number of nitrogens with zero attached hydrogens (tertiary/aromatic N) is 1. The van der Waals surface area contributed by atoms with Crippen LogP contribution in [-0.4, -0.2) is 34.1 Å². The third-order valence-electron chi connectivity index (χ3n) is 4.48. The molecule has 0 aliphatic rings. The second kappa shape index (κ2) is 9.15. The van der Waals surface area contributed by atoms with E-state index in [0.29, 0.717) is 29.0 Å². The molecule has 3 aromatic rings. The summed E-state index contributed by atoms with van der Waals surface area (Å²) >= 11 is 5.87. The maximum absolute atomic E-state index is 14.4. The van der Waals surface area contributed by atoms with Crippen molar-refractivity contribution >= 4 is 28.7 Å². The van der Waals surface area contributed by atoms with Crippen LogP contribution >= 0.6 is 11.6 Å². The summed E-state index contributed by atoms with van der Waals surface area (Å²) in [6.07, 6.45) is -0.309. The van der Waals surface area contributed by atoms with Crippen LogP contribution in [0.4, 0.5) is 9.18 Å². The Morgan fingerprint density at radius 1 is 1.23 bits per heavy atom. The smallest absolute Gasteiger partial charge is 0.494 e. The van der Waals surface area contributed by atoms with Crippen molar-refractivity contribution in [1.82, 2.24) is 4.57 Å². The predicted molar refractivity (Wildman–Crippen MR) is 109 cm³/mol. The van der Waals surface area contributed by atoms with Gasteiger partial charge in [-0.05, 0) is 30.2 Å². The molecule has 0 saturated carbocycles. The molecular formula is C21H19ClFNO6. The van der Waals surface area contributed by atoms with Gasteiger partial charge in [0.1, 0.15) is 11.6 Å². The van der Waals surface area contributed by atoms with Crippen molar-refractivity contribution in [2.45, 2.75) is 19.9 Å². The lowest BCUT2D eigenvalue weighted by molar-refractivity contribution is 0.143. The van der Waals surface area contributed by atoms with Crippen molar-refractivity contribution in [2.75, 3.05) is 13.2 Å². The molecule has 0 radical (unpaired) electrons. The minimum Gasteiger partial charge on any atom is -0.494 e. The summed E-state index contributed by atoms with van der Waals surface area (Å²) in [5.41, 5.74) is 0.616. The van der Waals surface area contributed by atoms with Gasteiger partial charge in [0.25, 0.3) is 0 Å². The molecule has 2 N–H and O–H groups in total. The molecule has 0 amide bonds. The van der Waals surface area contributed by atoms with Gasteiger partial charge in [-0.15, -0.1) is 0 Å². The predicted octanol–water partition coefficient (Wildman–Crippen LogP) is 3.83. The molecule has 0 aliphatic carbocycles. The second-order valence-corrected chi connectivity index (χ2v) is 6.81. The Bertz CT molecular complexity index is 1160. The molecule has 0 aliphatic heterocycles. The highest BCUT2D eigenvalue weighted by molar-refractivity contribution is 6.30. The molecule has 0 unspecified atom stereocenters. The molecule has 30 heavy (non-hydrogen) atoms. The van der Waals surface area contributed by atoms with Crippen molar-refractivity contribution in [3.63, 3.8) is 0 Å². The van der Waals surface area contributed by atoms with Gasteiger partial charge < -0.3 is 24.3 Å². The lowest BCUT2D eigenvalue weighted by atomic mass is 10.0. The van der Waals surface area contributed by atoms with Gasteiger partial charge >= 0.3 is 6.16 Å².